The van der Waals surface area contributed by atoms with E-state index in [2.05, 4.69) is 0 Å². The summed E-state index contributed by atoms with van der Waals surface area (Å²) in [5, 5.41) is 20.6. The van der Waals surface area contributed by atoms with E-state index >= 15 is 0 Å². The summed E-state index contributed by atoms with van der Waals surface area (Å²) in [5.74, 6) is -0.979. The molecule has 138 valence electrons. The lowest BCUT2D eigenvalue weighted by Crippen LogP contribution is -2.51. The van der Waals surface area contributed by atoms with E-state index in [0.717, 1.165) is 24.3 Å². The van der Waals surface area contributed by atoms with E-state index in [0.29, 0.717) is 0 Å². The molecule has 0 saturated carbocycles. The second kappa shape index (κ2) is 6.27. The highest BCUT2D eigenvalue weighted by Crippen LogP contribution is 2.35. The molecular weight excluding hydrogens is 358 g/mol. The van der Waals surface area contributed by atoms with Crippen LogP contribution in [0.4, 0.5) is 5.69 Å². The zero-order valence-corrected chi connectivity index (χ0v) is 14.2. The van der Waals surface area contributed by atoms with Crippen molar-refractivity contribution in [3.05, 3.63) is 34.4 Å². The van der Waals surface area contributed by atoms with Crippen molar-refractivity contribution in [2.24, 2.45) is 0 Å². The number of benzene rings is 1. The molecule has 2 aliphatic rings. The molecule has 0 spiro atoms. The summed E-state index contributed by atoms with van der Waals surface area (Å²) in [6.07, 6.45) is -4.31. The van der Waals surface area contributed by atoms with E-state index in [1.165, 1.54) is 0 Å². The largest absolute Gasteiger partial charge is 0.366 e. The molecule has 3 rings (SSSR count). The summed E-state index contributed by atoms with van der Waals surface area (Å²) in [6, 6.07) is 4.22. The van der Waals surface area contributed by atoms with Gasteiger partial charge in [-0.2, -0.15) is 8.42 Å². The van der Waals surface area contributed by atoms with E-state index in [9.17, 15) is 23.6 Å². The lowest BCUT2D eigenvalue weighted by molar-refractivity contribution is -0.384. The smallest absolute Gasteiger partial charge is 0.297 e. The molecule has 11 heteroatoms. The van der Waals surface area contributed by atoms with E-state index < -0.39 is 45.4 Å². The number of hydrogen-bond acceptors (Lipinski definition) is 9. The predicted molar refractivity (Wildman–Crippen MR) is 80.9 cm³/mol. The van der Waals surface area contributed by atoms with Crippen molar-refractivity contribution in [2.75, 3.05) is 6.61 Å². The Hall–Kier alpha value is -1.63. The van der Waals surface area contributed by atoms with Crippen molar-refractivity contribution < 1.29 is 36.8 Å². The van der Waals surface area contributed by atoms with Crippen LogP contribution < -0.4 is 0 Å². The Morgan fingerprint density at radius 2 is 1.96 bits per heavy atom. The Balaban J connectivity index is 1.80. The van der Waals surface area contributed by atoms with Gasteiger partial charge in [0.05, 0.1) is 16.4 Å². The Kier molecular flexibility index (Phi) is 4.56. The molecular formula is C14H17NO9S. The lowest BCUT2D eigenvalue weighted by atomic mass is 10.1. The average Bonchev–Trinajstić information content (AvgIpc) is 2.82. The summed E-state index contributed by atoms with van der Waals surface area (Å²) >= 11 is 0. The van der Waals surface area contributed by atoms with Gasteiger partial charge in [0.15, 0.2) is 18.2 Å². The number of non-ortho nitro benzene ring substituents is 1. The Labute approximate surface area is 143 Å². The minimum Gasteiger partial charge on any atom is -0.366 e. The minimum atomic E-state index is -4.29. The van der Waals surface area contributed by atoms with Crippen LogP contribution in [0.2, 0.25) is 0 Å². The van der Waals surface area contributed by atoms with Crippen LogP contribution in [0.15, 0.2) is 29.2 Å². The van der Waals surface area contributed by atoms with Gasteiger partial charge < -0.3 is 19.3 Å². The maximum Gasteiger partial charge on any atom is 0.297 e. The first-order chi connectivity index (χ1) is 11.6. The number of fused-ring (bicyclic) bond motifs is 1. The fraction of sp³-hybridized carbons (Fsp3) is 0.571. The zero-order chi connectivity index (χ0) is 18.4. The van der Waals surface area contributed by atoms with E-state index in [4.69, 9.17) is 18.4 Å². The third-order valence-electron chi connectivity index (χ3n) is 3.87. The number of nitro benzene ring substituents is 1. The van der Waals surface area contributed by atoms with Crippen LogP contribution in [0.1, 0.15) is 13.8 Å². The van der Waals surface area contributed by atoms with Gasteiger partial charge in [0.25, 0.3) is 15.8 Å². The Morgan fingerprint density at radius 3 is 2.56 bits per heavy atom. The lowest BCUT2D eigenvalue weighted by Gasteiger charge is -2.38. The summed E-state index contributed by atoms with van der Waals surface area (Å²) in [7, 11) is -4.29. The maximum absolute atomic E-state index is 12.4. The molecule has 2 aliphatic heterocycles. The van der Waals surface area contributed by atoms with Crippen molar-refractivity contribution in [1.29, 1.82) is 0 Å². The van der Waals surface area contributed by atoms with Gasteiger partial charge in [-0.15, -0.1) is 0 Å². The molecule has 25 heavy (non-hydrogen) atoms. The van der Waals surface area contributed by atoms with Crippen LogP contribution in [0.3, 0.4) is 0 Å². The molecule has 1 aromatic rings. The van der Waals surface area contributed by atoms with Crippen LogP contribution >= 0.6 is 0 Å². The second-order valence-electron chi connectivity index (χ2n) is 6.12. The Bertz CT molecular complexity index is 761. The zero-order valence-electron chi connectivity index (χ0n) is 13.4. The highest BCUT2D eigenvalue weighted by atomic mass is 32.2. The van der Waals surface area contributed by atoms with Crippen LogP contribution in [0.25, 0.3) is 0 Å². The van der Waals surface area contributed by atoms with Crippen molar-refractivity contribution in [2.45, 2.75) is 49.1 Å². The van der Waals surface area contributed by atoms with E-state index in [1.807, 2.05) is 0 Å². The summed E-state index contributed by atoms with van der Waals surface area (Å²) in [6.45, 7) is 3.41. The Morgan fingerprint density at radius 1 is 1.32 bits per heavy atom. The number of aliphatic hydroxyl groups excluding tert-OH is 1. The van der Waals surface area contributed by atoms with Gasteiger partial charge in [-0.1, -0.05) is 0 Å². The van der Waals surface area contributed by atoms with Gasteiger partial charge in [0.1, 0.15) is 12.2 Å². The molecule has 10 nitrogen and oxygen atoms in total. The number of nitro groups is 1. The second-order valence-corrected chi connectivity index (χ2v) is 7.70. The van der Waals surface area contributed by atoms with Crippen molar-refractivity contribution >= 4 is 15.8 Å². The van der Waals surface area contributed by atoms with Crippen LogP contribution in [0, 0.1) is 10.1 Å². The molecule has 4 atom stereocenters. The molecule has 1 aromatic carbocycles. The number of rotatable bonds is 4. The first-order valence-corrected chi connectivity index (χ1v) is 8.83. The molecule has 2 saturated heterocycles. The standard InChI is InChI=1S/C14H17NO9S/c1-14(2)21-7-10-11(23-14)12(13(16)22-10)24-25(19,20)9-5-3-8(4-6-9)15(17)18/h3-6,10-13,16H,7H2,1-2H3. The SMILES string of the molecule is CC1(C)OCC2OC(O)C(OS(=O)(=O)c3ccc([N+](=O)[O-])cc3)C2O1. The molecule has 0 aromatic heterocycles. The van der Waals surface area contributed by atoms with E-state index in [1.54, 1.807) is 13.8 Å². The number of ether oxygens (including phenoxy) is 3. The monoisotopic (exact) mass is 375 g/mol. The summed E-state index contributed by atoms with van der Waals surface area (Å²) in [5.41, 5.74) is -0.252. The van der Waals surface area contributed by atoms with Crippen LogP contribution in [-0.2, 0) is 28.5 Å². The molecule has 0 bridgehead atoms. The van der Waals surface area contributed by atoms with Gasteiger partial charge in [0.2, 0.25) is 0 Å². The molecule has 0 aliphatic carbocycles. The number of hydrogen-bond donors (Lipinski definition) is 1. The molecule has 2 heterocycles. The van der Waals surface area contributed by atoms with Gasteiger partial charge in [-0.05, 0) is 26.0 Å². The first-order valence-electron chi connectivity index (χ1n) is 7.42. The normalized spacial score (nSPS) is 31.5. The fourth-order valence-electron chi connectivity index (χ4n) is 2.67. The highest BCUT2D eigenvalue weighted by Gasteiger charge is 2.53. The fourth-order valence-corrected chi connectivity index (χ4v) is 3.75. The van der Waals surface area contributed by atoms with Gasteiger partial charge in [0, 0.05) is 12.1 Å². The first kappa shape index (κ1) is 18.2. The molecule has 2 fully saturated rings. The van der Waals surface area contributed by atoms with Crippen LogP contribution in [-0.4, -0.2) is 55.4 Å². The molecule has 4 unspecified atom stereocenters. The third kappa shape index (κ3) is 3.66. The number of aliphatic hydroxyl groups is 1. The molecule has 0 amide bonds. The van der Waals surface area contributed by atoms with Gasteiger partial charge >= 0.3 is 0 Å². The van der Waals surface area contributed by atoms with Crippen molar-refractivity contribution in [3.63, 3.8) is 0 Å². The quantitative estimate of drug-likeness (QED) is 0.454. The molecule has 1 N–H and O–H groups in total. The van der Waals surface area contributed by atoms with Crippen LogP contribution in [0.5, 0.6) is 0 Å². The number of nitrogens with zero attached hydrogens (tertiary/aromatic N) is 1. The van der Waals surface area contributed by atoms with Crippen molar-refractivity contribution in [3.8, 4) is 0 Å². The topological polar surface area (TPSA) is 134 Å². The third-order valence-corrected chi connectivity index (χ3v) is 5.20. The maximum atomic E-state index is 12.4. The van der Waals surface area contributed by atoms with Gasteiger partial charge in [-0.25, -0.2) is 0 Å². The van der Waals surface area contributed by atoms with Crippen molar-refractivity contribution in [1.82, 2.24) is 0 Å². The van der Waals surface area contributed by atoms with Gasteiger partial charge in [-0.3, -0.25) is 14.3 Å². The summed E-state index contributed by atoms with van der Waals surface area (Å²) < 4.78 is 46.2. The van der Waals surface area contributed by atoms with E-state index in [-0.39, 0.29) is 17.2 Å². The minimum absolute atomic E-state index is 0.117. The summed E-state index contributed by atoms with van der Waals surface area (Å²) in [4.78, 5) is 9.73. The molecule has 0 radical (unpaired) electrons. The predicted octanol–water partition coefficient (Wildman–Crippen LogP) is 0.537. The average molecular weight is 375 g/mol. The highest BCUT2D eigenvalue weighted by molar-refractivity contribution is 7.86.